The van der Waals surface area contributed by atoms with E-state index in [0.29, 0.717) is 36.9 Å². The smallest absolute Gasteiger partial charge is 0.257 e. The first-order valence-electron chi connectivity index (χ1n) is 9.91. The number of nitrogens with zero attached hydrogens (tertiary/aromatic N) is 4. The summed E-state index contributed by atoms with van der Waals surface area (Å²) in [6.45, 7) is 5.87. The fraction of sp³-hybridized carbons (Fsp3) is 0.524. The van der Waals surface area contributed by atoms with Crippen LogP contribution < -0.4 is 4.90 Å². The van der Waals surface area contributed by atoms with Crippen molar-refractivity contribution in [1.82, 2.24) is 14.7 Å². The molecule has 2 aromatic rings. The molecule has 0 bridgehead atoms. The van der Waals surface area contributed by atoms with E-state index in [1.807, 2.05) is 34.4 Å². The Labute approximate surface area is 159 Å². The van der Waals surface area contributed by atoms with E-state index in [0.717, 1.165) is 18.5 Å². The number of hydrogen-bond acceptors (Lipinski definition) is 3. The molecule has 6 heteroatoms. The normalized spacial score (nSPS) is 21.1. The third kappa shape index (κ3) is 3.33. The monoisotopic (exact) mass is 370 g/mol. The molecule has 2 fully saturated rings. The lowest BCUT2D eigenvalue weighted by Gasteiger charge is -2.41. The van der Waals surface area contributed by atoms with E-state index >= 15 is 0 Å². The lowest BCUT2D eigenvalue weighted by molar-refractivity contribution is 0.0673. The van der Waals surface area contributed by atoms with Crippen molar-refractivity contribution in [3.8, 4) is 0 Å². The molecule has 1 amide bonds. The van der Waals surface area contributed by atoms with Crippen molar-refractivity contribution in [2.45, 2.75) is 51.6 Å². The van der Waals surface area contributed by atoms with Crippen LogP contribution in [0.1, 0.15) is 54.7 Å². The molecular formula is C21H27FN4O. The van der Waals surface area contributed by atoms with Crippen molar-refractivity contribution in [1.29, 1.82) is 0 Å². The van der Waals surface area contributed by atoms with Gasteiger partial charge in [0.05, 0.1) is 23.5 Å². The zero-order valence-electron chi connectivity index (χ0n) is 16.1. The number of benzene rings is 1. The highest BCUT2D eigenvalue weighted by Gasteiger charge is 2.31. The van der Waals surface area contributed by atoms with Gasteiger partial charge in [-0.15, -0.1) is 0 Å². The predicted molar refractivity (Wildman–Crippen MR) is 104 cm³/mol. The van der Waals surface area contributed by atoms with E-state index in [9.17, 15) is 9.18 Å². The van der Waals surface area contributed by atoms with Crippen molar-refractivity contribution < 1.29 is 9.18 Å². The lowest BCUT2D eigenvalue weighted by Crippen LogP contribution is -2.54. The first-order chi connectivity index (χ1) is 13.1. The van der Waals surface area contributed by atoms with E-state index in [1.54, 1.807) is 18.3 Å². The number of carbonyl (C=O) groups is 1. The van der Waals surface area contributed by atoms with Gasteiger partial charge in [0, 0.05) is 31.4 Å². The minimum absolute atomic E-state index is 0.0140. The summed E-state index contributed by atoms with van der Waals surface area (Å²) in [5.74, 6) is -0.171. The van der Waals surface area contributed by atoms with Crippen LogP contribution in [0.5, 0.6) is 0 Å². The lowest BCUT2D eigenvalue weighted by atomic mass is 10.1. The molecule has 27 heavy (non-hydrogen) atoms. The van der Waals surface area contributed by atoms with Crippen molar-refractivity contribution in [2.24, 2.45) is 0 Å². The molecular weight excluding hydrogens is 343 g/mol. The summed E-state index contributed by atoms with van der Waals surface area (Å²) in [5, 5.41) is 4.52. The van der Waals surface area contributed by atoms with Crippen LogP contribution in [-0.2, 0) is 0 Å². The maximum Gasteiger partial charge on any atom is 0.257 e. The van der Waals surface area contributed by atoms with Gasteiger partial charge in [-0.05, 0) is 38.8 Å². The predicted octanol–water partition coefficient (Wildman–Crippen LogP) is 3.80. The number of rotatable bonds is 3. The molecule has 0 N–H and O–H groups in total. The minimum Gasteiger partial charge on any atom is -0.365 e. The van der Waals surface area contributed by atoms with Gasteiger partial charge in [0.2, 0.25) is 0 Å². The standard InChI is InChI=1S/C21H27FN4O/c1-15-14-24(20-10-6-5-9-19(20)22)11-12-25(15)21(27)18-13-23-26(16(18)2)17-7-3-4-8-17/h5-6,9-10,13,15,17H,3-4,7-8,11-12,14H2,1-2H3. The maximum atomic E-state index is 14.1. The van der Waals surface area contributed by atoms with Gasteiger partial charge in [0.15, 0.2) is 0 Å². The van der Waals surface area contributed by atoms with Gasteiger partial charge in [0.1, 0.15) is 5.82 Å². The fourth-order valence-corrected chi connectivity index (χ4v) is 4.49. The van der Waals surface area contributed by atoms with E-state index in [2.05, 4.69) is 5.10 Å². The molecule has 1 aromatic heterocycles. The molecule has 1 aliphatic heterocycles. The summed E-state index contributed by atoms with van der Waals surface area (Å²) in [6.07, 6.45) is 6.50. The summed E-state index contributed by atoms with van der Waals surface area (Å²) in [7, 11) is 0. The molecule has 2 heterocycles. The zero-order valence-corrected chi connectivity index (χ0v) is 16.1. The molecule has 1 unspecified atom stereocenters. The molecule has 2 aliphatic rings. The third-order valence-corrected chi connectivity index (χ3v) is 6.03. The number of carbonyl (C=O) groups excluding carboxylic acids is 1. The highest BCUT2D eigenvalue weighted by molar-refractivity contribution is 5.95. The molecule has 1 aliphatic carbocycles. The van der Waals surface area contributed by atoms with Crippen molar-refractivity contribution in [3.05, 3.63) is 47.5 Å². The Kier molecular flexibility index (Phi) is 4.89. The van der Waals surface area contributed by atoms with Crippen molar-refractivity contribution >= 4 is 11.6 Å². The van der Waals surface area contributed by atoms with Crippen LogP contribution in [-0.4, -0.2) is 46.3 Å². The van der Waals surface area contributed by atoms with Crippen molar-refractivity contribution in [2.75, 3.05) is 24.5 Å². The fourth-order valence-electron chi connectivity index (χ4n) is 4.49. The second kappa shape index (κ2) is 7.33. The molecule has 1 saturated heterocycles. The van der Waals surface area contributed by atoms with E-state index in [-0.39, 0.29) is 17.8 Å². The van der Waals surface area contributed by atoms with Crippen LogP contribution in [0.2, 0.25) is 0 Å². The van der Waals surface area contributed by atoms with Gasteiger partial charge in [-0.25, -0.2) is 4.39 Å². The molecule has 0 spiro atoms. The number of piperazine rings is 1. The first-order valence-corrected chi connectivity index (χ1v) is 9.91. The van der Waals surface area contributed by atoms with Crippen LogP contribution in [0.3, 0.4) is 0 Å². The first kappa shape index (κ1) is 18.0. The van der Waals surface area contributed by atoms with Gasteiger partial charge in [-0.1, -0.05) is 25.0 Å². The van der Waals surface area contributed by atoms with Crippen LogP contribution in [0, 0.1) is 12.7 Å². The van der Waals surface area contributed by atoms with E-state index in [4.69, 9.17) is 0 Å². The molecule has 4 rings (SSSR count). The maximum absolute atomic E-state index is 14.1. The number of halogens is 1. The summed E-state index contributed by atoms with van der Waals surface area (Å²) in [5.41, 5.74) is 2.28. The van der Waals surface area contributed by atoms with Gasteiger partial charge in [-0.2, -0.15) is 5.10 Å². The highest BCUT2D eigenvalue weighted by Crippen LogP contribution is 2.31. The molecule has 1 saturated carbocycles. The molecule has 144 valence electrons. The highest BCUT2D eigenvalue weighted by atomic mass is 19.1. The quantitative estimate of drug-likeness (QED) is 0.825. The molecule has 5 nitrogen and oxygen atoms in total. The number of para-hydroxylation sites is 1. The largest absolute Gasteiger partial charge is 0.365 e. The van der Waals surface area contributed by atoms with Crippen LogP contribution in [0.15, 0.2) is 30.5 Å². The van der Waals surface area contributed by atoms with Crippen LogP contribution in [0.25, 0.3) is 0 Å². The number of hydrogen-bond donors (Lipinski definition) is 0. The average Bonchev–Trinajstić information content (AvgIpc) is 3.31. The van der Waals surface area contributed by atoms with Gasteiger partial charge >= 0.3 is 0 Å². The van der Waals surface area contributed by atoms with Gasteiger partial charge in [0.25, 0.3) is 5.91 Å². The number of amides is 1. The zero-order chi connectivity index (χ0) is 19.0. The van der Waals surface area contributed by atoms with E-state index in [1.165, 1.54) is 18.9 Å². The van der Waals surface area contributed by atoms with Crippen LogP contribution in [0.4, 0.5) is 10.1 Å². The van der Waals surface area contributed by atoms with Crippen molar-refractivity contribution in [3.63, 3.8) is 0 Å². The summed E-state index contributed by atoms with van der Waals surface area (Å²) < 4.78 is 16.1. The Morgan fingerprint density at radius 2 is 1.93 bits per heavy atom. The average molecular weight is 370 g/mol. The molecule has 0 radical (unpaired) electrons. The second-order valence-electron chi connectivity index (χ2n) is 7.77. The van der Waals surface area contributed by atoms with Gasteiger partial charge in [-0.3, -0.25) is 9.48 Å². The Morgan fingerprint density at radius 3 is 2.63 bits per heavy atom. The van der Waals surface area contributed by atoms with E-state index < -0.39 is 0 Å². The summed E-state index contributed by atoms with van der Waals surface area (Å²) >= 11 is 0. The Hall–Kier alpha value is -2.37. The third-order valence-electron chi connectivity index (χ3n) is 6.03. The number of anilines is 1. The summed E-state index contributed by atoms with van der Waals surface area (Å²) in [4.78, 5) is 17.1. The second-order valence-corrected chi connectivity index (χ2v) is 7.77. The Morgan fingerprint density at radius 1 is 1.19 bits per heavy atom. The Balaban J connectivity index is 1.48. The summed E-state index contributed by atoms with van der Waals surface area (Å²) in [6, 6.07) is 7.28. The van der Waals surface area contributed by atoms with Gasteiger partial charge < -0.3 is 9.80 Å². The number of aromatic nitrogens is 2. The Bertz CT molecular complexity index is 827. The minimum atomic E-state index is -0.210. The topological polar surface area (TPSA) is 41.4 Å². The SMILES string of the molecule is Cc1c(C(=O)N2CCN(c3ccccc3F)CC2C)cnn1C1CCCC1. The molecule has 1 aromatic carbocycles. The van der Waals surface area contributed by atoms with Crippen LogP contribution >= 0.6 is 0 Å². The molecule has 1 atom stereocenters.